The maximum atomic E-state index is 12.9. The fourth-order valence-electron chi connectivity index (χ4n) is 3.31. The lowest BCUT2D eigenvalue weighted by Gasteiger charge is -2.13. The number of para-hydroxylation sites is 1. The summed E-state index contributed by atoms with van der Waals surface area (Å²) in [6.07, 6.45) is 2.10. The van der Waals surface area contributed by atoms with Crippen LogP contribution in [-0.4, -0.2) is 30.1 Å². The first kappa shape index (κ1) is 18.2. The van der Waals surface area contributed by atoms with E-state index in [-0.39, 0.29) is 12.0 Å². The largest absolute Gasteiger partial charge is 0.376 e. The standard InChI is InChI=1S/C21H18Cl2N2O2/c22-13-7-8-16(18(23)10-13)20-11-17(15-5-1-2-6-19(15)25-20)21(26)24-12-14-4-3-9-27-14/h1-2,5-8,10-11,14H,3-4,9,12H2,(H,24,26). The van der Waals surface area contributed by atoms with Crippen LogP contribution in [0.2, 0.25) is 10.0 Å². The van der Waals surface area contributed by atoms with Gasteiger partial charge in [-0.2, -0.15) is 0 Å². The van der Waals surface area contributed by atoms with Gasteiger partial charge in [-0.1, -0.05) is 41.4 Å². The van der Waals surface area contributed by atoms with Crippen molar-refractivity contribution in [3.63, 3.8) is 0 Å². The summed E-state index contributed by atoms with van der Waals surface area (Å²) in [6.45, 7) is 1.27. The van der Waals surface area contributed by atoms with E-state index in [0.717, 1.165) is 35.9 Å². The maximum absolute atomic E-state index is 12.9. The zero-order valence-corrected chi connectivity index (χ0v) is 16.1. The highest BCUT2D eigenvalue weighted by Crippen LogP contribution is 2.31. The highest BCUT2D eigenvalue weighted by atomic mass is 35.5. The molecule has 27 heavy (non-hydrogen) atoms. The molecular formula is C21H18Cl2N2O2. The number of nitrogens with zero attached hydrogens (tertiary/aromatic N) is 1. The number of benzene rings is 2. The fourth-order valence-corrected chi connectivity index (χ4v) is 3.81. The van der Waals surface area contributed by atoms with Crippen LogP contribution in [0.3, 0.4) is 0 Å². The Bertz CT molecular complexity index is 1000. The number of nitrogens with one attached hydrogen (secondary N) is 1. The second-order valence-electron chi connectivity index (χ2n) is 6.54. The Kier molecular flexibility index (Phi) is 5.30. The van der Waals surface area contributed by atoms with E-state index in [4.69, 9.17) is 27.9 Å². The third-order valence-corrected chi connectivity index (χ3v) is 5.23. The Hall–Kier alpha value is -2.14. The van der Waals surface area contributed by atoms with Crippen LogP contribution in [0.15, 0.2) is 48.5 Å². The molecule has 1 fully saturated rings. The molecule has 1 atom stereocenters. The summed E-state index contributed by atoms with van der Waals surface area (Å²) in [5.41, 5.74) is 2.68. The van der Waals surface area contributed by atoms with Crippen LogP contribution in [0, 0.1) is 0 Å². The molecule has 4 nitrogen and oxygen atoms in total. The second kappa shape index (κ2) is 7.85. The number of carbonyl (C=O) groups is 1. The highest BCUT2D eigenvalue weighted by molar-refractivity contribution is 6.36. The molecule has 0 saturated carbocycles. The maximum Gasteiger partial charge on any atom is 0.252 e. The van der Waals surface area contributed by atoms with Gasteiger partial charge in [0.1, 0.15) is 0 Å². The highest BCUT2D eigenvalue weighted by Gasteiger charge is 2.19. The Labute approximate surface area is 167 Å². The SMILES string of the molecule is O=C(NCC1CCCO1)c1cc(-c2ccc(Cl)cc2Cl)nc2ccccc12. The summed E-state index contributed by atoms with van der Waals surface area (Å²) in [5, 5.41) is 4.84. The molecule has 1 aliphatic heterocycles. The van der Waals surface area contributed by atoms with E-state index in [1.54, 1.807) is 18.2 Å². The number of halogens is 2. The molecule has 2 aromatic carbocycles. The van der Waals surface area contributed by atoms with Crippen molar-refractivity contribution >= 4 is 40.0 Å². The van der Waals surface area contributed by atoms with Crippen LogP contribution in [0.25, 0.3) is 22.2 Å². The molecule has 1 amide bonds. The molecule has 0 spiro atoms. The van der Waals surface area contributed by atoms with Crippen molar-refractivity contribution in [1.82, 2.24) is 10.3 Å². The number of rotatable bonds is 4. The lowest BCUT2D eigenvalue weighted by Crippen LogP contribution is -2.31. The Balaban J connectivity index is 1.73. The van der Waals surface area contributed by atoms with Crippen molar-refractivity contribution in [2.45, 2.75) is 18.9 Å². The summed E-state index contributed by atoms with van der Waals surface area (Å²) in [4.78, 5) is 17.6. The van der Waals surface area contributed by atoms with Gasteiger partial charge in [0, 0.05) is 29.1 Å². The number of ether oxygens (including phenoxy) is 1. The van der Waals surface area contributed by atoms with E-state index in [2.05, 4.69) is 10.3 Å². The molecule has 1 aromatic heterocycles. The third kappa shape index (κ3) is 3.93. The number of amides is 1. The van der Waals surface area contributed by atoms with Crippen LogP contribution in [0.1, 0.15) is 23.2 Å². The van der Waals surface area contributed by atoms with Crippen molar-refractivity contribution in [1.29, 1.82) is 0 Å². The first-order valence-electron chi connectivity index (χ1n) is 8.87. The first-order valence-corrected chi connectivity index (χ1v) is 9.62. The molecule has 4 rings (SSSR count). The average Bonchev–Trinajstić information content (AvgIpc) is 3.19. The molecule has 2 heterocycles. The zero-order valence-electron chi connectivity index (χ0n) is 14.5. The summed E-state index contributed by atoms with van der Waals surface area (Å²) in [6, 6.07) is 14.6. The molecule has 0 radical (unpaired) electrons. The van der Waals surface area contributed by atoms with Gasteiger partial charge in [0.25, 0.3) is 5.91 Å². The lowest BCUT2D eigenvalue weighted by atomic mass is 10.0. The number of hydrogen-bond donors (Lipinski definition) is 1. The fraction of sp³-hybridized carbons (Fsp3) is 0.238. The lowest BCUT2D eigenvalue weighted by molar-refractivity contribution is 0.0859. The van der Waals surface area contributed by atoms with Gasteiger partial charge in [-0.3, -0.25) is 4.79 Å². The van der Waals surface area contributed by atoms with Crippen LogP contribution >= 0.6 is 23.2 Å². The smallest absolute Gasteiger partial charge is 0.252 e. The third-order valence-electron chi connectivity index (χ3n) is 4.68. The van der Waals surface area contributed by atoms with Gasteiger partial charge in [0.2, 0.25) is 0 Å². The second-order valence-corrected chi connectivity index (χ2v) is 7.39. The van der Waals surface area contributed by atoms with Gasteiger partial charge in [-0.05, 0) is 43.2 Å². The minimum atomic E-state index is -0.143. The van der Waals surface area contributed by atoms with Crippen molar-refractivity contribution in [3.05, 3.63) is 64.1 Å². The van der Waals surface area contributed by atoms with Gasteiger partial charge in [-0.25, -0.2) is 4.98 Å². The molecule has 1 aliphatic rings. The van der Waals surface area contributed by atoms with Crippen LogP contribution in [0.5, 0.6) is 0 Å². The van der Waals surface area contributed by atoms with Crippen molar-refractivity contribution < 1.29 is 9.53 Å². The van der Waals surface area contributed by atoms with Gasteiger partial charge in [0.05, 0.1) is 27.9 Å². The molecule has 1 unspecified atom stereocenters. The van der Waals surface area contributed by atoms with E-state index in [1.807, 2.05) is 30.3 Å². The van der Waals surface area contributed by atoms with Gasteiger partial charge in [0.15, 0.2) is 0 Å². The molecule has 6 heteroatoms. The van der Waals surface area contributed by atoms with Crippen LogP contribution in [-0.2, 0) is 4.74 Å². The summed E-state index contributed by atoms with van der Waals surface area (Å²) < 4.78 is 5.59. The van der Waals surface area contributed by atoms with E-state index < -0.39 is 0 Å². The van der Waals surface area contributed by atoms with E-state index >= 15 is 0 Å². The minimum absolute atomic E-state index is 0.0900. The topological polar surface area (TPSA) is 51.2 Å². The number of aromatic nitrogens is 1. The number of pyridine rings is 1. The average molecular weight is 401 g/mol. The molecular weight excluding hydrogens is 383 g/mol. The molecule has 0 aliphatic carbocycles. The van der Waals surface area contributed by atoms with E-state index in [0.29, 0.717) is 27.8 Å². The van der Waals surface area contributed by atoms with Crippen LogP contribution < -0.4 is 5.32 Å². The molecule has 1 saturated heterocycles. The van der Waals surface area contributed by atoms with Gasteiger partial charge < -0.3 is 10.1 Å². The minimum Gasteiger partial charge on any atom is -0.376 e. The monoisotopic (exact) mass is 400 g/mol. The quantitative estimate of drug-likeness (QED) is 0.661. The van der Waals surface area contributed by atoms with Crippen molar-refractivity contribution in [3.8, 4) is 11.3 Å². The molecule has 0 bridgehead atoms. The van der Waals surface area contributed by atoms with Gasteiger partial charge in [-0.15, -0.1) is 0 Å². The summed E-state index contributed by atoms with van der Waals surface area (Å²) >= 11 is 12.4. The number of fused-ring (bicyclic) bond motifs is 1. The Morgan fingerprint density at radius 3 is 2.81 bits per heavy atom. The Morgan fingerprint density at radius 1 is 1.19 bits per heavy atom. The number of carbonyl (C=O) groups excluding carboxylic acids is 1. The summed E-state index contributed by atoms with van der Waals surface area (Å²) in [5.74, 6) is -0.143. The van der Waals surface area contributed by atoms with Crippen LogP contribution in [0.4, 0.5) is 0 Å². The molecule has 138 valence electrons. The van der Waals surface area contributed by atoms with E-state index in [1.165, 1.54) is 0 Å². The normalized spacial score (nSPS) is 16.6. The van der Waals surface area contributed by atoms with Crippen molar-refractivity contribution in [2.75, 3.05) is 13.2 Å². The zero-order chi connectivity index (χ0) is 18.8. The number of hydrogen-bond acceptors (Lipinski definition) is 3. The molecule has 3 aromatic rings. The van der Waals surface area contributed by atoms with E-state index in [9.17, 15) is 4.79 Å². The predicted molar refractivity (Wildman–Crippen MR) is 109 cm³/mol. The first-order chi connectivity index (χ1) is 13.1. The molecule has 1 N–H and O–H groups in total. The summed E-state index contributed by atoms with van der Waals surface area (Å²) in [7, 11) is 0. The predicted octanol–water partition coefficient (Wildman–Crippen LogP) is 5.12. The van der Waals surface area contributed by atoms with Gasteiger partial charge >= 0.3 is 0 Å². The Morgan fingerprint density at radius 2 is 2.04 bits per heavy atom. The van der Waals surface area contributed by atoms with Crippen molar-refractivity contribution in [2.24, 2.45) is 0 Å².